The number of nitrogens with one attached hydrogen (secondary N) is 1. The minimum atomic E-state index is -0.750. The number of nitrogens with zero attached hydrogens (tertiary/aromatic N) is 2. The van der Waals surface area contributed by atoms with E-state index in [-0.39, 0.29) is 11.3 Å². The Morgan fingerprint density at radius 1 is 1.04 bits per heavy atom. The summed E-state index contributed by atoms with van der Waals surface area (Å²) in [4.78, 5) is 30.9. The van der Waals surface area contributed by atoms with Crippen LogP contribution in [0.5, 0.6) is 11.6 Å². The van der Waals surface area contributed by atoms with Crippen molar-refractivity contribution < 1.29 is 10.2 Å². The molecular formula is C20H19N3O4. The predicted molar refractivity (Wildman–Crippen MR) is 104 cm³/mol. The highest BCUT2D eigenvalue weighted by molar-refractivity contribution is 5.84. The molecule has 0 aliphatic heterocycles. The van der Waals surface area contributed by atoms with E-state index in [0.717, 1.165) is 27.5 Å². The zero-order valence-electron chi connectivity index (χ0n) is 15.1. The third-order valence-electron chi connectivity index (χ3n) is 4.15. The third-order valence-corrected chi connectivity index (χ3v) is 4.15. The average molecular weight is 365 g/mol. The van der Waals surface area contributed by atoms with Crippen molar-refractivity contribution >= 4 is 11.9 Å². The lowest BCUT2D eigenvalue weighted by atomic mass is 10.0. The summed E-state index contributed by atoms with van der Waals surface area (Å²) in [6, 6.07) is 9.91. The number of aliphatic imine (C=N–C) groups is 1. The zero-order valence-corrected chi connectivity index (χ0v) is 15.1. The molecule has 0 fully saturated rings. The Morgan fingerprint density at radius 3 is 2.33 bits per heavy atom. The first-order valence-electron chi connectivity index (χ1n) is 8.27. The van der Waals surface area contributed by atoms with Crippen LogP contribution in [0.3, 0.4) is 0 Å². The summed E-state index contributed by atoms with van der Waals surface area (Å²) in [5, 5.41) is 20.2. The van der Waals surface area contributed by atoms with Crippen LogP contribution in [0, 0.1) is 20.8 Å². The Kier molecular flexibility index (Phi) is 4.68. The summed E-state index contributed by atoms with van der Waals surface area (Å²) in [5.41, 5.74) is 1.86. The second-order valence-electron chi connectivity index (χ2n) is 6.36. The molecule has 0 aliphatic rings. The van der Waals surface area contributed by atoms with E-state index >= 15 is 0 Å². The molecule has 0 radical (unpaired) electrons. The number of aromatic nitrogens is 2. The first kappa shape index (κ1) is 18.2. The molecule has 0 saturated carbocycles. The highest BCUT2D eigenvalue weighted by atomic mass is 16.3. The molecule has 3 aromatic rings. The van der Waals surface area contributed by atoms with Crippen LogP contribution in [0.4, 0.5) is 5.69 Å². The van der Waals surface area contributed by atoms with Gasteiger partial charge in [-0.05, 0) is 44.0 Å². The van der Waals surface area contributed by atoms with Gasteiger partial charge in [-0.25, -0.2) is 9.36 Å². The summed E-state index contributed by atoms with van der Waals surface area (Å²) in [6.07, 6.45) is 1.16. The van der Waals surface area contributed by atoms with Crippen molar-refractivity contribution in [1.82, 2.24) is 9.55 Å². The number of phenolic OH excluding ortho intramolecular Hbond substituents is 1. The molecule has 1 heterocycles. The van der Waals surface area contributed by atoms with Gasteiger partial charge in [0, 0.05) is 12.3 Å². The molecule has 1 aromatic heterocycles. The lowest BCUT2D eigenvalue weighted by molar-refractivity contribution is 0.429. The van der Waals surface area contributed by atoms with Gasteiger partial charge >= 0.3 is 5.69 Å². The number of aromatic amines is 1. The van der Waals surface area contributed by atoms with Crippen LogP contribution < -0.4 is 11.2 Å². The van der Waals surface area contributed by atoms with E-state index in [1.807, 2.05) is 32.9 Å². The van der Waals surface area contributed by atoms with Crippen LogP contribution >= 0.6 is 0 Å². The number of benzene rings is 2. The van der Waals surface area contributed by atoms with Crippen LogP contribution in [0.2, 0.25) is 0 Å². The van der Waals surface area contributed by atoms with E-state index in [2.05, 4.69) is 9.98 Å². The van der Waals surface area contributed by atoms with Crippen LogP contribution in [-0.4, -0.2) is 26.0 Å². The molecule has 0 atom stereocenters. The van der Waals surface area contributed by atoms with Crippen molar-refractivity contribution in [1.29, 1.82) is 0 Å². The van der Waals surface area contributed by atoms with Crippen LogP contribution in [-0.2, 0) is 0 Å². The van der Waals surface area contributed by atoms with Crippen LogP contribution in [0.25, 0.3) is 5.69 Å². The first-order chi connectivity index (χ1) is 12.8. The molecule has 3 N–H and O–H groups in total. The van der Waals surface area contributed by atoms with Gasteiger partial charge in [0.25, 0.3) is 5.56 Å². The quantitative estimate of drug-likeness (QED) is 0.620. The third kappa shape index (κ3) is 3.52. The van der Waals surface area contributed by atoms with Crippen molar-refractivity contribution in [2.24, 2.45) is 4.99 Å². The Balaban J connectivity index is 2.21. The maximum Gasteiger partial charge on any atom is 0.335 e. The van der Waals surface area contributed by atoms with Gasteiger partial charge in [0.2, 0.25) is 5.88 Å². The smallest absolute Gasteiger partial charge is 0.335 e. The van der Waals surface area contributed by atoms with E-state index in [1.54, 1.807) is 12.1 Å². The number of hydrogen-bond acceptors (Lipinski definition) is 5. The summed E-state index contributed by atoms with van der Waals surface area (Å²) < 4.78 is 1.06. The lowest BCUT2D eigenvalue weighted by Crippen LogP contribution is -2.32. The molecule has 0 amide bonds. The first-order valence-corrected chi connectivity index (χ1v) is 8.27. The normalized spacial score (nSPS) is 11.2. The number of aryl methyl sites for hydroxylation is 3. The summed E-state index contributed by atoms with van der Waals surface area (Å²) >= 11 is 0. The molecule has 27 heavy (non-hydrogen) atoms. The zero-order chi connectivity index (χ0) is 19.7. The second-order valence-corrected chi connectivity index (χ2v) is 6.36. The van der Waals surface area contributed by atoms with Crippen molar-refractivity contribution in [3.05, 3.63) is 79.5 Å². The molecule has 7 nitrogen and oxygen atoms in total. The van der Waals surface area contributed by atoms with Crippen molar-refractivity contribution in [2.75, 3.05) is 0 Å². The van der Waals surface area contributed by atoms with Gasteiger partial charge in [-0.15, -0.1) is 0 Å². The Bertz CT molecular complexity index is 1150. The van der Waals surface area contributed by atoms with Gasteiger partial charge < -0.3 is 10.2 Å². The van der Waals surface area contributed by atoms with Crippen LogP contribution in [0.1, 0.15) is 22.3 Å². The van der Waals surface area contributed by atoms with Gasteiger partial charge in [0.15, 0.2) is 0 Å². The fraction of sp³-hybridized carbons (Fsp3) is 0.150. The van der Waals surface area contributed by atoms with Crippen molar-refractivity contribution in [3.63, 3.8) is 0 Å². The van der Waals surface area contributed by atoms with E-state index in [1.165, 1.54) is 12.1 Å². The SMILES string of the molecule is Cc1cc(C)c(-n2c(O)c(C=Nc3cccc(O)c3)c(=O)[nH]c2=O)c(C)c1. The fourth-order valence-electron chi connectivity index (χ4n) is 3.10. The molecule has 7 heteroatoms. The Hall–Kier alpha value is -3.61. The molecule has 0 spiro atoms. The Morgan fingerprint density at radius 2 is 1.70 bits per heavy atom. The Labute approximate surface area is 154 Å². The van der Waals surface area contributed by atoms with Crippen molar-refractivity contribution in [3.8, 4) is 17.3 Å². The molecule has 0 aliphatic carbocycles. The number of rotatable bonds is 3. The molecule has 0 saturated heterocycles. The maximum atomic E-state index is 12.4. The minimum Gasteiger partial charge on any atom is -0.508 e. The number of phenols is 1. The predicted octanol–water partition coefficient (Wildman–Crippen LogP) is 2.61. The van der Waals surface area contributed by atoms with Gasteiger partial charge in [-0.3, -0.25) is 14.8 Å². The van der Waals surface area contributed by atoms with E-state index in [0.29, 0.717) is 11.4 Å². The molecular weight excluding hydrogens is 346 g/mol. The molecule has 138 valence electrons. The summed E-state index contributed by atoms with van der Waals surface area (Å²) in [7, 11) is 0. The average Bonchev–Trinajstić information content (AvgIpc) is 2.56. The van der Waals surface area contributed by atoms with Gasteiger partial charge in [-0.1, -0.05) is 23.8 Å². The van der Waals surface area contributed by atoms with Gasteiger partial charge in [0.1, 0.15) is 11.3 Å². The monoisotopic (exact) mass is 365 g/mol. The highest BCUT2D eigenvalue weighted by Gasteiger charge is 2.17. The summed E-state index contributed by atoms with van der Waals surface area (Å²) in [5.74, 6) is -0.471. The van der Waals surface area contributed by atoms with E-state index < -0.39 is 17.1 Å². The fourth-order valence-corrected chi connectivity index (χ4v) is 3.10. The largest absolute Gasteiger partial charge is 0.508 e. The maximum absolute atomic E-state index is 12.4. The standard InChI is InChI=1S/C20H19N3O4/c1-11-7-12(2)17(13(3)8-11)23-19(26)16(18(25)22-20(23)27)10-21-14-5-4-6-15(24)9-14/h4-10,24,26H,1-3H3,(H,22,25,27). The summed E-state index contributed by atoms with van der Waals surface area (Å²) in [6.45, 7) is 5.59. The number of H-pyrrole nitrogens is 1. The van der Waals surface area contributed by atoms with Crippen molar-refractivity contribution in [2.45, 2.75) is 20.8 Å². The number of aromatic hydroxyl groups is 2. The number of hydrogen-bond donors (Lipinski definition) is 3. The molecule has 3 rings (SSSR count). The minimum absolute atomic E-state index is 0.0265. The van der Waals surface area contributed by atoms with Crippen LogP contribution in [0.15, 0.2) is 51.0 Å². The molecule has 0 bridgehead atoms. The lowest BCUT2D eigenvalue weighted by Gasteiger charge is -2.15. The topological polar surface area (TPSA) is 108 Å². The molecule has 0 unspecified atom stereocenters. The molecule has 2 aromatic carbocycles. The second kappa shape index (κ2) is 6.95. The van der Waals surface area contributed by atoms with E-state index in [9.17, 15) is 19.8 Å². The highest BCUT2D eigenvalue weighted by Crippen LogP contribution is 2.24. The van der Waals surface area contributed by atoms with Gasteiger partial charge in [0.05, 0.1) is 11.4 Å². The van der Waals surface area contributed by atoms with Gasteiger partial charge in [-0.2, -0.15) is 0 Å². The van der Waals surface area contributed by atoms with E-state index in [4.69, 9.17) is 0 Å².